The SMILES string of the molecule is Cc1ccc(F)c(C(=O)Nc2cccc(CBr)c2)c1. The van der Waals surface area contributed by atoms with Crippen LogP contribution in [0, 0.1) is 12.7 Å². The van der Waals surface area contributed by atoms with E-state index in [4.69, 9.17) is 0 Å². The molecule has 0 spiro atoms. The molecule has 0 heterocycles. The summed E-state index contributed by atoms with van der Waals surface area (Å²) < 4.78 is 13.6. The lowest BCUT2D eigenvalue weighted by atomic mass is 10.1. The topological polar surface area (TPSA) is 29.1 Å². The normalized spacial score (nSPS) is 10.3. The number of anilines is 1. The van der Waals surface area contributed by atoms with Gasteiger partial charge in [-0.05, 0) is 36.8 Å². The summed E-state index contributed by atoms with van der Waals surface area (Å²) in [6.45, 7) is 1.82. The van der Waals surface area contributed by atoms with Crippen LogP contribution in [0.2, 0.25) is 0 Å². The molecule has 2 rings (SSSR count). The first-order valence-electron chi connectivity index (χ1n) is 5.82. The monoisotopic (exact) mass is 321 g/mol. The second kappa shape index (κ2) is 5.97. The number of rotatable bonds is 3. The highest BCUT2D eigenvalue weighted by molar-refractivity contribution is 9.08. The minimum absolute atomic E-state index is 0.0595. The molecule has 0 aliphatic carbocycles. The maximum Gasteiger partial charge on any atom is 0.258 e. The molecule has 0 aliphatic heterocycles. The van der Waals surface area contributed by atoms with Crippen molar-refractivity contribution in [2.24, 2.45) is 0 Å². The lowest BCUT2D eigenvalue weighted by molar-refractivity contribution is 0.102. The van der Waals surface area contributed by atoms with Crippen LogP contribution in [0.15, 0.2) is 42.5 Å². The number of benzene rings is 2. The van der Waals surface area contributed by atoms with Gasteiger partial charge in [-0.2, -0.15) is 0 Å². The fourth-order valence-corrected chi connectivity index (χ4v) is 2.09. The van der Waals surface area contributed by atoms with E-state index >= 15 is 0 Å². The third-order valence-corrected chi connectivity index (χ3v) is 3.35. The molecule has 0 atom stereocenters. The highest BCUT2D eigenvalue weighted by Gasteiger charge is 2.12. The predicted octanol–water partition coefficient (Wildman–Crippen LogP) is 4.28. The quantitative estimate of drug-likeness (QED) is 0.840. The Balaban J connectivity index is 2.23. The van der Waals surface area contributed by atoms with E-state index in [1.54, 1.807) is 18.2 Å². The average molecular weight is 322 g/mol. The van der Waals surface area contributed by atoms with Crippen LogP contribution in [0.5, 0.6) is 0 Å². The zero-order valence-electron chi connectivity index (χ0n) is 10.4. The summed E-state index contributed by atoms with van der Waals surface area (Å²) in [5.74, 6) is -0.951. The van der Waals surface area contributed by atoms with Crippen LogP contribution in [0.25, 0.3) is 0 Å². The Kier molecular flexibility index (Phi) is 4.32. The first-order valence-corrected chi connectivity index (χ1v) is 6.94. The molecule has 2 aromatic rings. The molecule has 0 saturated heterocycles. The van der Waals surface area contributed by atoms with Gasteiger partial charge in [-0.15, -0.1) is 0 Å². The van der Waals surface area contributed by atoms with Crippen molar-refractivity contribution in [1.29, 1.82) is 0 Å². The van der Waals surface area contributed by atoms with Gasteiger partial charge in [-0.3, -0.25) is 4.79 Å². The Morgan fingerprint density at radius 3 is 2.79 bits per heavy atom. The fraction of sp³-hybridized carbons (Fsp3) is 0.133. The van der Waals surface area contributed by atoms with Gasteiger partial charge in [0.15, 0.2) is 0 Å². The van der Waals surface area contributed by atoms with Crippen LogP contribution in [0.4, 0.5) is 10.1 Å². The number of alkyl halides is 1. The van der Waals surface area contributed by atoms with E-state index in [0.717, 1.165) is 11.1 Å². The van der Waals surface area contributed by atoms with Crippen LogP contribution < -0.4 is 5.32 Å². The number of halogens is 2. The van der Waals surface area contributed by atoms with E-state index in [9.17, 15) is 9.18 Å². The summed E-state index contributed by atoms with van der Waals surface area (Å²) in [6.07, 6.45) is 0. The smallest absolute Gasteiger partial charge is 0.258 e. The molecule has 0 aliphatic rings. The van der Waals surface area contributed by atoms with Crippen LogP contribution in [-0.4, -0.2) is 5.91 Å². The standard InChI is InChI=1S/C15H13BrFNO/c1-10-5-6-14(17)13(7-10)15(19)18-12-4-2-3-11(8-12)9-16/h2-8H,9H2,1H3,(H,18,19). The summed E-state index contributed by atoms with van der Waals surface area (Å²) in [4.78, 5) is 12.0. The number of carbonyl (C=O) groups excluding carboxylic acids is 1. The molecule has 0 unspecified atom stereocenters. The Morgan fingerprint density at radius 2 is 2.05 bits per heavy atom. The summed E-state index contributed by atoms with van der Waals surface area (Å²) in [5.41, 5.74) is 2.61. The number of aryl methyl sites for hydroxylation is 1. The van der Waals surface area contributed by atoms with Crippen molar-refractivity contribution in [1.82, 2.24) is 0 Å². The third-order valence-electron chi connectivity index (χ3n) is 2.71. The second-order valence-electron chi connectivity index (χ2n) is 4.27. The molecular formula is C15H13BrFNO. The van der Waals surface area contributed by atoms with E-state index in [0.29, 0.717) is 11.0 Å². The van der Waals surface area contributed by atoms with Crippen LogP contribution in [0.1, 0.15) is 21.5 Å². The molecule has 4 heteroatoms. The molecule has 1 N–H and O–H groups in total. The highest BCUT2D eigenvalue weighted by Crippen LogP contribution is 2.16. The maximum absolute atomic E-state index is 13.6. The van der Waals surface area contributed by atoms with Crippen molar-refractivity contribution in [2.45, 2.75) is 12.3 Å². The number of hydrogen-bond donors (Lipinski definition) is 1. The Hall–Kier alpha value is -1.68. The van der Waals surface area contributed by atoms with E-state index in [1.165, 1.54) is 6.07 Å². The first-order chi connectivity index (χ1) is 9.10. The lowest BCUT2D eigenvalue weighted by Crippen LogP contribution is -2.14. The molecular weight excluding hydrogens is 309 g/mol. The molecule has 98 valence electrons. The number of carbonyl (C=O) groups is 1. The van der Waals surface area contributed by atoms with Crippen molar-refractivity contribution in [3.05, 3.63) is 65.0 Å². The van der Waals surface area contributed by atoms with Crippen LogP contribution >= 0.6 is 15.9 Å². The molecule has 0 aromatic heterocycles. The summed E-state index contributed by atoms with van der Waals surface area (Å²) >= 11 is 3.35. The molecule has 1 amide bonds. The zero-order valence-corrected chi connectivity index (χ0v) is 12.0. The van der Waals surface area contributed by atoms with Crippen LogP contribution in [0.3, 0.4) is 0 Å². The van der Waals surface area contributed by atoms with Gasteiger partial charge in [0.05, 0.1) is 5.56 Å². The van der Waals surface area contributed by atoms with Gasteiger partial charge in [-0.1, -0.05) is 39.7 Å². The molecule has 19 heavy (non-hydrogen) atoms. The Bertz CT molecular complexity index is 613. The number of hydrogen-bond acceptors (Lipinski definition) is 1. The third kappa shape index (κ3) is 3.41. The molecule has 0 fully saturated rings. The molecule has 0 bridgehead atoms. The fourth-order valence-electron chi connectivity index (χ4n) is 1.74. The van der Waals surface area contributed by atoms with Gasteiger partial charge in [0.2, 0.25) is 0 Å². The lowest BCUT2D eigenvalue weighted by Gasteiger charge is -2.08. The summed E-state index contributed by atoms with van der Waals surface area (Å²) in [7, 11) is 0. The van der Waals surface area contributed by atoms with Crippen molar-refractivity contribution < 1.29 is 9.18 Å². The summed E-state index contributed by atoms with van der Waals surface area (Å²) in [5, 5.41) is 3.41. The van der Waals surface area contributed by atoms with Gasteiger partial charge >= 0.3 is 0 Å². The highest BCUT2D eigenvalue weighted by atomic mass is 79.9. The van der Waals surface area contributed by atoms with Gasteiger partial charge < -0.3 is 5.32 Å². The van der Waals surface area contributed by atoms with E-state index < -0.39 is 11.7 Å². The largest absolute Gasteiger partial charge is 0.322 e. The van der Waals surface area contributed by atoms with Crippen LogP contribution in [-0.2, 0) is 5.33 Å². The van der Waals surface area contributed by atoms with E-state index in [-0.39, 0.29) is 5.56 Å². The van der Waals surface area contributed by atoms with Gasteiger partial charge in [0.25, 0.3) is 5.91 Å². The second-order valence-corrected chi connectivity index (χ2v) is 4.83. The Morgan fingerprint density at radius 1 is 1.26 bits per heavy atom. The summed E-state index contributed by atoms with van der Waals surface area (Å²) in [6, 6.07) is 11.9. The Labute approximate surface area is 119 Å². The minimum Gasteiger partial charge on any atom is -0.322 e. The van der Waals surface area contributed by atoms with Gasteiger partial charge in [0.1, 0.15) is 5.82 Å². The number of nitrogens with one attached hydrogen (secondary N) is 1. The molecule has 2 aromatic carbocycles. The van der Waals surface area contributed by atoms with Crippen molar-refractivity contribution in [3.63, 3.8) is 0 Å². The van der Waals surface area contributed by atoms with E-state index in [1.807, 2.05) is 25.1 Å². The van der Waals surface area contributed by atoms with E-state index in [2.05, 4.69) is 21.2 Å². The van der Waals surface area contributed by atoms with Gasteiger partial charge in [0, 0.05) is 11.0 Å². The van der Waals surface area contributed by atoms with Crippen molar-refractivity contribution in [3.8, 4) is 0 Å². The first kappa shape index (κ1) is 13.7. The zero-order chi connectivity index (χ0) is 13.8. The number of amides is 1. The average Bonchev–Trinajstić information content (AvgIpc) is 2.41. The van der Waals surface area contributed by atoms with Gasteiger partial charge in [-0.25, -0.2) is 4.39 Å². The molecule has 0 saturated carbocycles. The minimum atomic E-state index is -0.514. The molecule has 2 nitrogen and oxygen atoms in total. The van der Waals surface area contributed by atoms with Crippen molar-refractivity contribution in [2.75, 3.05) is 5.32 Å². The predicted molar refractivity (Wildman–Crippen MR) is 78.2 cm³/mol. The maximum atomic E-state index is 13.6. The molecule has 0 radical (unpaired) electrons. The van der Waals surface area contributed by atoms with Crippen molar-refractivity contribution >= 4 is 27.5 Å².